The summed E-state index contributed by atoms with van der Waals surface area (Å²) in [4.78, 5) is 2.64. The van der Waals surface area contributed by atoms with Crippen molar-refractivity contribution in [3.63, 3.8) is 0 Å². The van der Waals surface area contributed by atoms with Crippen molar-refractivity contribution in [1.82, 2.24) is 10.2 Å². The second-order valence-electron chi connectivity index (χ2n) is 5.38. The third kappa shape index (κ3) is 3.10. The van der Waals surface area contributed by atoms with Gasteiger partial charge in [0.2, 0.25) is 0 Å². The lowest BCUT2D eigenvalue weighted by atomic mass is 9.88. The summed E-state index contributed by atoms with van der Waals surface area (Å²) in [6.07, 6.45) is 2.40. The molecule has 1 N–H and O–H groups in total. The number of nitrogens with zero attached hydrogens (tertiary/aromatic N) is 1. The molecule has 3 heteroatoms. The van der Waals surface area contributed by atoms with Crippen LogP contribution in [0.15, 0.2) is 24.3 Å². The first kappa shape index (κ1) is 14.4. The lowest BCUT2D eigenvalue weighted by molar-refractivity contribution is 0.0447. The maximum absolute atomic E-state index is 5.22. The normalized spacial score (nSPS) is 19.3. The van der Waals surface area contributed by atoms with Gasteiger partial charge in [0.05, 0.1) is 7.11 Å². The van der Waals surface area contributed by atoms with Crippen LogP contribution in [0.2, 0.25) is 0 Å². The van der Waals surface area contributed by atoms with E-state index in [4.69, 9.17) is 4.74 Å². The number of piperazine rings is 1. The van der Waals surface area contributed by atoms with Crippen molar-refractivity contribution in [2.45, 2.75) is 38.8 Å². The van der Waals surface area contributed by atoms with Gasteiger partial charge in [-0.25, -0.2) is 0 Å². The summed E-state index contributed by atoms with van der Waals surface area (Å²) in [6.45, 7) is 8.98. The van der Waals surface area contributed by atoms with Gasteiger partial charge in [-0.1, -0.05) is 26.0 Å². The summed E-state index contributed by atoms with van der Waals surface area (Å²) < 4.78 is 5.22. The third-order valence-electron chi connectivity index (χ3n) is 4.53. The van der Waals surface area contributed by atoms with Crippen LogP contribution in [0, 0.1) is 0 Å². The predicted molar refractivity (Wildman–Crippen MR) is 79.6 cm³/mol. The lowest BCUT2D eigenvalue weighted by Crippen LogP contribution is -2.60. The lowest BCUT2D eigenvalue weighted by Gasteiger charge is -2.47. The molecule has 0 aromatic heterocycles. The number of hydrogen-bond donors (Lipinski definition) is 1. The van der Waals surface area contributed by atoms with Gasteiger partial charge >= 0.3 is 0 Å². The van der Waals surface area contributed by atoms with Crippen LogP contribution in [0.1, 0.15) is 32.3 Å². The fraction of sp³-hybridized carbons (Fsp3) is 0.625. The number of hydrogen-bond acceptors (Lipinski definition) is 3. The van der Waals surface area contributed by atoms with Crippen LogP contribution < -0.4 is 10.1 Å². The first-order valence-corrected chi connectivity index (χ1v) is 7.33. The van der Waals surface area contributed by atoms with E-state index in [0.29, 0.717) is 5.54 Å². The minimum absolute atomic E-state index is 0.318. The van der Waals surface area contributed by atoms with Crippen molar-refractivity contribution in [3.8, 4) is 5.75 Å². The first-order valence-electron chi connectivity index (χ1n) is 7.33. The minimum Gasteiger partial charge on any atom is -0.497 e. The van der Waals surface area contributed by atoms with Gasteiger partial charge in [0, 0.05) is 31.7 Å². The molecule has 1 aliphatic heterocycles. The van der Waals surface area contributed by atoms with Crippen molar-refractivity contribution in [2.75, 3.05) is 26.7 Å². The summed E-state index contributed by atoms with van der Waals surface area (Å²) in [6, 6.07) is 8.46. The molecule has 0 saturated carbocycles. The standard InChI is InChI=1S/C16H26N2O/c1-4-16(5-2)13-17-10-11-18(16)12-14-6-8-15(19-3)9-7-14/h6-9,17H,4-5,10-13H2,1-3H3. The largest absolute Gasteiger partial charge is 0.497 e. The molecule has 1 saturated heterocycles. The Morgan fingerprint density at radius 3 is 2.47 bits per heavy atom. The highest BCUT2D eigenvalue weighted by Gasteiger charge is 2.35. The molecule has 19 heavy (non-hydrogen) atoms. The maximum Gasteiger partial charge on any atom is 0.118 e. The van der Waals surface area contributed by atoms with Crippen molar-refractivity contribution in [3.05, 3.63) is 29.8 Å². The van der Waals surface area contributed by atoms with Crippen LogP contribution in [0.5, 0.6) is 5.75 Å². The van der Waals surface area contributed by atoms with Gasteiger partial charge < -0.3 is 10.1 Å². The molecule has 0 bridgehead atoms. The van der Waals surface area contributed by atoms with E-state index in [2.05, 4.69) is 48.3 Å². The highest BCUT2D eigenvalue weighted by Crippen LogP contribution is 2.27. The summed E-state index contributed by atoms with van der Waals surface area (Å²) >= 11 is 0. The van der Waals surface area contributed by atoms with Crippen LogP contribution in [0.3, 0.4) is 0 Å². The Balaban J connectivity index is 2.10. The van der Waals surface area contributed by atoms with Crippen LogP contribution in [-0.2, 0) is 6.54 Å². The van der Waals surface area contributed by atoms with E-state index in [-0.39, 0.29) is 0 Å². The van der Waals surface area contributed by atoms with Gasteiger partial charge in [-0.05, 0) is 30.5 Å². The molecule has 0 unspecified atom stereocenters. The van der Waals surface area contributed by atoms with Gasteiger partial charge in [-0.3, -0.25) is 4.90 Å². The number of ether oxygens (including phenoxy) is 1. The van der Waals surface area contributed by atoms with Gasteiger partial charge in [-0.15, -0.1) is 0 Å². The molecule has 2 rings (SSSR count). The van der Waals surface area contributed by atoms with E-state index >= 15 is 0 Å². The fourth-order valence-corrected chi connectivity index (χ4v) is 3.03. The van der Waals surface area contributed by atoms with Crippen LogP contribution in [0.25, 0.3) is 0 Å². The fourth-order valence-electron chi connectivity index (χ4n) is 3.03. The second-order valence-corrected chi connectivity index (χ2v) is 5.38. The molecule has 1 heterocycles. The molecule has 1 aromatic rings. The summed E-state index contributed by atoms with van der Waals surface area (Å²) in [7, 11) is 1.71. The monoisotopic (exact) mass is 262 g/mol. The quantitative estimate of drug-likeness (QED) is 0.883. The van der Waals surface area contributed by atoms with E-state index in [0.717, 1.165) is 31.9 Å². The van der Waals surface area contributed by atoms with Crippen molar-refractivity contribution in [1.29, 1.82) is 0 Å². The Morgan fingerprint density at radius 1 is 1.21 bits per heavy atom. The van der Waals surface area contributed by atoms with E-state index < -0.39 is 0 Å². The van der Waals surface area contributed by atoms with Crippen LogP contribution in [0.4, 0.5) is 0 Å². The molecular formula is C16H26N2O. The predicted octanol–water partition coefficient (Wildman–Crippen LogP) is 2.66. The summed E-state index contributed by atoms with van der Waals surface area (Å²) in [5.41, 5.74) is 1.69. The molecule has 106 valence electrons. The van der Waals surface area contributed by atoms with Crippen molar-refractivity contribution in [2.24, 2.45) is 0 Å². The third-order valence-corrected chi connectivity index (χ3v) is 4.53. The Kier molecular flexibility index (Phi) is 4.83. The van der Waals surface area contributed by atoms with Crippen LogP contribution >= 0.6 is 0 Å². The van der Waals surface area contributed by atoms with E-state index in [9.17, 15) is 0 Å². The second kappa shape index (κ2) is 6.40. The van der Waals surface area contributed by atoms with E-state index in [1.807, 2.05) is 0 Å². The molecule has 0 spiro atoms. The molecule has 0 atom stereocenters. The molecule has 0 aliphatic carbocycles. The number of benzene rings is 1. The smallest absolute Gasteiger partial charge is 0.118 e. The van der Waals surface area contributed by atoms with Gasteiger partial charge in [-0.2, -0.15) is 0 Å². The number of nitrogens with one attached hydrogen (secondary N) is 1. The highest BCUT2D eigenvalue weighted by molar-refractivity contribution is 5.27. The zero-order valence-corrected chi connectivity index (χ0v) is 12.4. The molecule has 0 radical (unpaired) electrons. The molecule has 1 aliphatic rings. The first-order chi connectivity index (χ1) is 9.24. The van der Waals surface area contributed by atoms with E-state index in [1.54, 1.807) is 7.11 Å². The van der Waals surface area contributed by atoms with Crippen molar-refractivity contribution < 1.29 is 4.74 Å². The Labute approximate surface area is 116 Å². The Hall–Kier alpha value is -1.06. The van der Waals surface area contributed by atoms with Crippen LogP contribution in [-0.4, -0.2) is 37.2 Å². The molecule has 3 nitrogen and oxygen atoms in total. The van der Waals surface area contributed by atoms with Gasteiger partial charge in [0.1, 0.15) is 5.75 Å². The SMILES string of the molecule is CCC1(CC)CNCCN1Cc1ccc(OC)cc1. The van der Waals surface area contributed by atoms with Gasteiger partial charge in [0.15, 0.2) is 0 Å². The number of rotatable bonds is 5. The summed E-state index contributed by atoms with van der Waals surface area (Å²) in [5, 5.41) is 3.55. The zero-order valence-electron chi connectivity index (χ0n) is 12.4. The highest BCUT2D eigenvalue weighted by atomic mass is 16.5. The van der Waals surface area contributed by atoms with E-state index in [1.165, 1.54) is 18.4 Å². The Morgan fingerprint density at radius 2 is 1.89 bits per heavy atom. The average Bonchev–Trinajstić information content (AvgIpc) is 2.49. The van der Waals surface area contributed by atoms with Gasteiger partial charge in [0.25, 0.3) is 0 Å². The topological polar surface area (TPSA) is 24.5 Å². The number of methoxy groups -OCH3 is 1. The van der Waals surface area contributed by atoms with Crippen molar-refractivity contribution >= 4 is 0 Å². The maximum atomic E-state index is 5.22. The molecule has 0 amide bonds. The zero-order chi connectivity index (χ0) is 13.7. The molecule has 1 fully saturated rings. The molecule has 1 aromatic carbocycles. The molecular weight excluding hydrogens is 236 g/mol. The Bertz CT molecular complexity index is 384. The summed E-state index contributed by atoms with van der Waals surface area (Å²) in [5.74, 6) is 0.932. The average molecular weight is 262 g/mol. The minimum atomic E-state index is 0.318.